The molecule has 4 aromatic rings. The van der Waals surface area contributed by atoms with Gasteiger partial charge in [0, 0.05) is 29.0 Å². The Morgan fingerprint density at radius 1 is 1.23 bits per heavy atom. The Kier molecular flexibility index (Phi) is 5.15. The number of nitrogens with zero attached hydrogens (tertiary/aromatic N) is 4. The highest BCUT2D eigenvalue weighted by atomic mass is 79.9. The van der Waals surface area contributed by atoms with E-state index in [1.54, 1.807) is 19.2 Å². The summed E-state index contributed by atoms with van der Waals surface area (Å²) in [6.07, 6.45) is 3.65. The first kappa shape index (κ1) is 18.2. The third-order valence-electron chi connectivity index (χ3n) is 3.85. The molecule has 132 valence electrons. The van der Waals surface area contributed by atoms with Crippen molar-refractivity contribution < 1.29 is 4.79 Å². The average Bonchev–Trinajstić information content (AvgIpc) is 3.18. The summed E-state index contributed by atoms with van der Waals surface area (Å²) in [6, 6.07) is 9.27. The highest BCUT2D eigenvalue weighted by molar-refractivity contribution is 8.93. The van der Waals surface area contributed by atoms with Gasteiger partial charge in [-0.3, -0.25) is 9.20 Å². The molecule has 0 amide bonds. The number of hydrogen-bond donors (Lipinski definition) is 1. The predicted molar refractivity (Wildman–Crippen MR) is 109 cm³/mol. The molecule has 1 N–H and O–H groups in total. The van der Waals surface area contributed by atoms with Crippen LogP contribution in [0.2, 0.25) is 0 Å². The molecule has 0 fully saturated rings. The van der Waals surface area contributed by atoms with Gasteiger partial charge in [0.15, 0.2) is 10.9 Å². The molecule has 0 saturated carbocycles. The lowest BCUT2D eigenvalue weighted by Crippen LogP contribution is -1.95. The Bertz CT molecular complexity index is 1090. The maximum absolute atomic E-state index is 11.5. The number of imidazole rings is 1. The van der Waals surface area contributed by atoms with Crippen LogP contribution in [0.15, 0.2) is 48.1 Å². The van der Waals surface area contributed by atoms with Crippen LogP contribution in [0.4, 0.5) is 10.8 Å². The molecule has 26 heavy (non-hydrogen) atoms. The Labute approximate surface area is 164 Å². The number of aryl methyl sites for hydroxylation is 1. The van der Waals surface area contributed by atoms with Crippen LogP contribution in [-0.4, -0.2) is 25.1 Å². The van der Waals surface area contributed by atoms with Gasteiger partial charge < -0.3 is 5.32 Å². The van der Waals surface area contributed by atoms with Crippen LogP contribution in [0.25, 0.3) is 17.2 Å². The van der Waals surface area contributed by atoms with Crippen molar-refractivity contribution in [3.05, 3.63) is 59.4 Å². The summed E-state index contributed by atoms with van der Waals surface area (Å²) < 4.78 is 1.94. The fourth-order valence-corrected chi connectivity index (χ4v) is 3.40. The van der Waals surface area contributed by atoms with Crippen molar-refractivity contribution in [3.8, 4) is 11.4 Å². The number of anilines is 2. The molecule has 8 heteroatoms. The maximum Gasteiger partial charge on any atom is 0.234 e. The van der Waals surface area contributed by atoms with E-state index in [0.717, 1.165) is 27.9 Å². The van der Waals surface area contributed by atoms with Gasteiger partial charge in [0.05, 0.1) is 11.4 Å². The van der Waals surface area contributed by atoms with Gasteiger partial charge in [-0.05, 0) is 32.0 Å². The van der Waals surface area contributed by atoms with Crippen molar-refractivity contribution in [2.24, 2.45) is 0 Å². The highest BCUT2D eigenvalue weighted by Crippen LogP contribution is 2.29. The van der Waals surface area contributed by atoms with Crippen LogP contribution in [0.5, 0.6) is 0 Å². The zero-order chi connectivity index (χ0) is 17.4. The van der Waals surface area contributed by atoms with Gasteiger partial charge in [0.1, 0.15) is 5.69 Å². The van der Waals surface area contributed by atoms with Crippen molar-refractivity contribution in [2.75, 3.05) is 5.32 Å². The number of ketones is 1. The highest BCUT2D eigenvalue weighted by Gasteiger charge is 2.14. The minimum Gasteiger partial charge on any atom is -0.332 e. The second kappa shape index (κ2) is 7.35. The zero-order valence-corrected chi connectivity index (χ0v) is 16.7. The summed E-state index contributed by atoms with van der Waals surface area (Å²) in [7, 11) is 0. The molecule has 6 nitrogen and oxygen atoms in total. The van der Waals surface area contributed by atoms with Crippen LogP contribution < -0.4 is 5.32 Å². The number of hydrogen-bond acceptors (Lipinski definition) is 6. The topological polar surface area (TPSA) is 72.2 Å². The van der Waals surface area contributed by atoms with E-state index in [1.165, 1.54) is 11.3 Å². The first-order valence-corrected chi connectivity index (χ1v) is 8.63. The number of aromatic nitrogens is 4. The molecule has 0 spiro atoms. The molecular weight excluding hydrogens is 414 g/mol. The quantitative estimate of drug-likeness (QED) is 0.476. The number of rotatable bonds is 4. The van der Waals surface area contributed by atoms with E-state index in [9.17, 15) is 4.79 Å². The number of carbonyl (C=O) groups excluding carboxylic acids is 1. The molecule has 3 heterocycles. The molecule has 0 bridgehead atoms. The smallest absolute Gasteiger partial charge is 0.234 e. The van der Waals surface area contributed by atoms with Crippen LogP contribution in [0.3, 0.4) is 0 Å². The Morgan fingerprint density at radius 3 is 2.88 bits per heavy atom. The van der Waals surface area contributed by atoms with E-state index in [4.69, 9.17) is 0 Å². The van der Waals surface area contributed by atoms with Crippen LogP contribution in [0, 0.1) is 6.92 Å². The molecule has 1 aromatic carbocycles. The number of fused-ring (bicyclic) bond motifs is 1. The summed E-state index contributed by atoms with van der Waals surface area (Å²) in [5.41, 5.74) is 4.17. The Morgan fingerprint density at radius 2 is 2.08 bits per heavy atom. The lowest BCUT2D eigenvalue weighted by atomic mass is 10.1. The third-order valence-corrected chi connectivity index (χ3v) is 4.60. The molecule has 0 atom stereocenters. The minimum atomic E-state index is 0. The molecule has 0 aliphatic heterocycles. The van der Waals surface area contributed by atoms with E-state index in [0.29, 0.717) is 11.3 Å². The molecule has 3 aromatic heterocycles. The number of carbonyl (C=O) groups is 1. The van der Waals surface area contributed by atoms with Crippen molar-refractivity contribution in [3.63, 3.8) is 0 Å². The van der Waals surface area contributed by atoms with E-state index in [1.807, 2.05) is 47.2 Å². The van der Waals surface area contributed by atoms with Gasteiger partial charge in [-0.1, -0.05) is 12.1 Å². The van der Waals surface area contributed by atoms with Gasteiger partial charge in [0.2, 0.25) is 5.78 Å². The third kappa shape index (κ3) is 3.38. The van der Waals surface area contributed by atoms with Gasteiger partial charge in [-0.25, -0.2) is 15.0 Å². The number of Topliss-reactive ketones (excluding diaryl/α,β-unsaturated/α-hetero) is 1. The average molecular weight is 430 g/mol. The monoisotopic (exact) mass is 429 g/mol. The summed E-state index contributed by atoms with van der Waals surface area (Å²) >= 11 is 1.51. The van der Waals surface area contributed by atoms with E-state index in [2.05, 4.69) is 20.3 Å². The van der Waals surface area contributed by atoms with Crippen LogP contribution in [0.1, 0.15) is 23.0 Å². The van der Waals surface area contributed by atoms with E-state index >= 15 is 0 Å². The SMILES string of the molecule is Br.CC(=O)c1cccc(Nc2nc(-c3c(C)nc4ncccn34)cs2)c1. The molecule has 0 radical (unpaired) electrons. The van der Waals surface area contributed by atoms with Crippen molar-refractivity contribution in [1.82, 2.24) is 19.4 Å². The Balaban J connectivity index is 0.00000196. The van der Waals surface area contributed by atoms with Crippen LogP contribution in [-0.2, 0) is 0 Å². The van der Waals surface area contributed by atoms with Crippen molar-refractivity contribution in [2.45, 2.75) is 13.8 Å². The summed E-state index contributed by atoms with van der Waals surface area (Å²) in [5, 5.41) is 6.00. The lowest BCUT2D eigenvalue weighted by Gasteiger charge is -2.04. The maximum atomic E-state index is 11.5. The first-order chi connectivity index (χ1) is 12.1. The standard InChI is InChI=1S/C18H15N5OS.BrH/c1-11-16(23-8-4-7-19-17(23)20-11)15-10-25-18(22-15)21-14-6-3-5-13(9-14)12(2)24;/h3-10H,1-2H3,(H,21,22);1H. The number of halogens is 1. The lowest BCUT2D eigenvalue weighted by molar-refractivity contribution is 0.101. The fraction of sp³-hybridized carbons (Fsp3) is 0.111. The summed E-state index contributed by atoms with van der Waals surface area (Å²) in [6.45, 7) is 3.51. The zero-order valence-electron chi connectivity index (χ0n) is 14.1. The molecular formula is C18H16BrN5OS. The molecule has 0 saturated heterocycles. The molecule has 0 aliphatic rings. The van der Waals surface area contributed by atoms with E-state index in [-0.39, 0.29) is 22.8 Å². The first-order valence-electron chi connectivity index (χ1n) is 7.75. The van der Waals surface area contributed by atoms with Crippen LogP contribution >= 0.6 is 28.3 Å². The van der Waals surface area contributed by atoms with E-state index < -0.39 is 0 Å². The fourth-order valence-electron chi connectivity index (χ4n) is 2.69. The van der Waals surface area contributed by atoms with Crippen molar-refractivity contribution in [1.29, 1.82) is 0 Å². The largest absolute Gasteiger partial charge is 0.332 e. The van der Waals surface area contributed by atoms with Gasteiger partial charge in [-0.15, -0.1) is 28.3 Å². The van der Waals surface area contributed by atoms with Gasteiger partial charge in [-0.2, -0.15) is 0 Å². The van der Waals surface area contributed by atoms with Gasteiger partial charge in [0.25, 0.3) is 0 Å². The molecule has 4 rings (SSSR count). The number of thiazole rings is 1. The predicted octanol–water partition coefficient (Wildman–Crippen LogP) is 4.69. The minimum absolute atomic E-state index is 0. The van der Waals surface area contributed by atoms with Crippen molar-refractivity contribution >= 4 is 50.7 Å². The van der Waals surface area contributed by atoms with Gasteiger partial charge >= 0.3 is 0 Å². The summed E-state index contributed by atoms with van der Waals surface area (Å²) in [4.78, 5) is 24.9. The summed E-state index contributed by atoms with van der Waals surface area (Å²) in [5.74, 6) is 0.698. The second-order valence-electron chi connectivity index (χ2n) is 5.64. The number of benzene rings is 1. The normalized spacial score (nSPS) is 10.5. The second-order valence-corrected chi connectivity index (χ2v) is 6.49. The Hall–Kier alpha value is -2.58. The number of nitrogens with one attached hydrogen (secondary N) is 1. The molecule has 0 unspecified atom stereocenters. The molecule has 0 aliphatic carbocycles.